The van der Waals surface area contributed by atoms with E-state index in [0.717, 1.165) is 6.42 Å². The lowest BCUT2D eigenvalue weighted by Crippen LogP contribution is -2.27. The van der Waals surface area contributed by atoms with Crippen LogP contribution in [-0.4, -0.2) is 11.7 Å². The Bertz CT molecular complexity index is 123. The molecule has 64 valence electrons. The highest BCUT2D eigenvalue weighted by molar-refractivity contribution is 4.88. The zero-order valence-electron chi connectivity index (χ0n) is 7.18. The Labute approximate surface area is 69.1 Å². The van der Waals surface area contributed by atoms with Gasteiger partial charge in [0.1, 0.15) is 0 Å². The van der Waals surface area contributed by atoms with Crippen LogP contribution >= 0.6 is 0 Å². The van der Waals surface area contributed by atoms with Crippen LogP contribution in [0.4, 0.5) is 0 Å². The summed E-state index contributed by atoms with van der Waals surface area (Å²) in [4.78, 5) is 0. The molecule has 11 heavy (non-hydrogen) atoms. The summed E-state index contributed by atoms with van der Waals surface area (Å²) < 4.78 is 0. The van der Waals surface area contributed by atoms with Gasteiger partial charge >= 0.3 is 0 Å². The Morgan fingerprint density at radius 1 is 1.27 bits per heavy atom. The van der Waals surface area contributed by atoms with E-state index in [-0.39, 0.29) is 5.41 Å². The highest BCUT2D eigenvalue weighted by Crippen LogP contribution is 2.38. The van der Waals surface area contributed by atoms with E-state index in [1.807, 2.05) is 6.08 Å². The largest absolute Gasteiger partial charge is 0.396 e. The van der Waals surface area contributed by atoms with E-state index in [0.29, 0.717) is 6.61 Å². The molecule has 0 aromatic carbocycles. The van der Waals surface area contributed by atoms with Gasteiger partial charge in [-0.05, 0) is 24.7 Å². The predicted octanol–water partition coefficient (Wildman–Crippen LogP) is 2.51. The lowest BCUT2D eigenvalue weighted by Gasteiger charge is -2.34. The molecule has 0 aliphatic heterocycles. The smallest absolute Gasteiger partial charge is 0.0490 e. The van der Waals surface area contributed by atoms with Crippen molar-refractivity contribution in [3.63, 3.8) is 0 Å². The van der Waals surface area contributed by atoms with Crippen molar-refractivity contribution < 1.29 is 5.11 Å². The van der Waals surface area contributed by atoms with Gasteiger partial charge in [0.25, 0.3) is 0 Å². The Balaban J connectivity index is 2.49. The first kappa shape index (κ1) is 8.79. The molecule has 0 radical (unpaired) electrons. The molecule has 0 spiro atoms. The molecular weight excluding hydrogens is 136 g/mol. The van der Waals surface area contributed by atoms with E-state index in [4.69, 9.17) is 0 Å². The number of rotatable bonds is 3. The van der Waals surface area contributed by atoms with Gasteiger partial charge in [0.2, 0.25) is 0 Å². The van der Waals surface area contributed by atoms with Crippen molar-refractivity contribution in [3.8, 4) is 0 Å². The normalized spacial score (nSPS) is 23.0. The first-order chi connectivity index (χ1) is 5.33. The second-order valence-corrected chi connectivity index (χ2v) is 3.71. The summed E-state index contributed by atoms with van der Waals surface area (Å²) in [6.07, 6.45) is 9.23. The van der Waals surface area contributed by atoms with Crippen LogP contribution in [0.25, 0.3) is 0 Å². The minimum atomic E-state index is 0.208. The molecular formula is C10H18O. The van der Waals surface area contributed by atoms with Crippen LogP contribution < -0.4 is 0 Å². The highest BCUT2D eigenvalue weighted by Gasteiger charge is 2.29. The topological polar surface area (TPSA) is 20.2 Å². The van der Waals surface area contributed by atoms with E-state index in [9.17, 15) is 5.11 Å². The first-order valence-corrected chi connectivity index (χ1v) is 4.55. The molecule has 1 aliphatic carbocycles. The summed E-state index contributed by atoms with van der Waals surface area (Å²) in [6.45, 7) is 4.08. The third kappa shape index (κ3) is 2.06. The number of hydrogen-bond acceptors (Lipinski definition) is 1. The van der Waals surface area contributed by atoms with E-state index < -0.39 is 0 Å². The highest BCUT2D eigenvalue weighted by atomic mass is 16.3. The van der Waals surface area contributed by atoms with Crippen LogP contribution in [0, 0.1) is 5.41 Å². The van der Waals surface area contributed by atoms with Gasteiger partial charge in [-0.2, -0.15) is 0 Å². The standard InChI is InChI=1S/C10H18O/c1-2-6-10(9-11)7-4-3-5-8-10/h2,11H,1,3-9H2. The van der Waals surface area contributed by atoms with Crippen molar-refractivity contribution in [1.29, 1.82) is 0 Å². The third-order valence-electron chi connectivity index (χ3n) is 2.83. The number of aliphatic hydroxyl groups is 1. The number of hydrogen-bond donors (Lipinski definition) is 1. The van der Waals surface area contributed by atoms with Gasteiger partial charge in [-0.1, -0.05) is 25.3 Å². The van der Waals surface area contributed by atoms with Crippen molar-refractivity contribution in [1.82, 2.24) is 0 Å². The van der Waals surface area contributed by atoms with Gasteiger partial charge < -0.3 is 5.11 Å². The molecule has 0 saturated heterocycles. The van der Waals surface area contributed by atoms with Crippen LogP contribution in [0.2, 0.25) is 0 Å². The van der Waals surface area contributed by atoms with E-state index in [1.54, 1.807) is 0 Å². The minimum absolute atomic E-state index is 0.208. The predicted molar refractivity (Wildman–Crippen MR) is 47.4 cm³/mol. The molecule has 0 bridgehead atoms. The molecule has 1 aliphatic rings. The molecule has 1 nitrogen and oxygen atoms in total. The molecule has 1 fully saturated rings. The van der Waals surface area contributed by atoms with Crippen LogP contribution in [0.15, 0.2) is 12.7 Å². The van der Waals surface area contributed by atoms with Crippen molar-refractivity contribution in [2.75, 3.05) is 6.61 Å². The lowest BCUT2D eigenvalue weighted by molar-refractivity contribution is 0.0850. The summed E-state index contributed by atoms with van der Waals surface area (Å²) in [6, 6.07) is 0. The average molecular weight is 154 g/mol. The number of aliphatic hydroxyl groups excluding tert-OH is 1. The van der Waals surface area contributed by atoms with E-state index >= 15 is 0 Å². The monoisotopic (exact) mass is 154 g/mol. The molecule has 1 heteroatoms. The van der Waals surface area contributed by atoms with E-state index in [2.05, 4.69) is 6.58 Å². The first-order valence-electron chi connectivity index (χ1n) is 4.55. The zero-order valence-corrected chi connectivity index (χ0v) is 7.18. The zero-order chi connectivity index (χ0) is 8.16. The molecule has 0 aromatic heterocycles. The summed E-state index contributed by atoms with van der Waals surface area (Å²) in [5.74, 6) is 0. The second kappa shape index (κ2) is 3.91. The minimum Gasteiger partial charge on any atom is -0.396 e. The van der Waals surface area contributed by atoms with E-state index in [1.165, 1.54) is 32.1 Å². The van der Waals surface area contributed by atoms with Crippen molar-refractivity contribution >= 4 is 0 Å². The Kier molecular flexibility index (Phi) is 3.13. The van der Waals surface area contributed by atoms with Crippen molar-refractivity contribution in [2.24, 2.45) is 5.41 Å². The van der Waals surface area contributed by atoms with Gasteiger partial charge in [-0.25, -0.2) is 0 Å². The summed E-state index contributed by atoms with van der Waals surface area (Å²) in [5.41, 5.74) is 0.208. The fraction of sp³-hybridized carbons (Fsp3) is 0.800. The molecule has 1 rings (SSSR count). The van der Waals surface area contributed by atoms with Gasteiger partial charge in [-0.3, -0.25) is 0 Å². The summed E-state index contributed by atoms with van der Waals surface area (Å²) in [5, 5.41) is 9.22. The van der Waals surface area contributed by atoms with Gasteiger partial charge in [0.15, 0.2) is 0 Å². The van der Waals surface area contributed by atoms with Gasteiger partial charge in [0, 0.05) is 6.61 Å². The maximum Gasteiger partial charge on any atom is 0.0490 e. The Morgan fingerprint density at radius 3 is 2.36 bits per heavy atom. The molecule has 1 saturated carbocycles. The molecule has 0 unspecified atom stereocenters. The molecule has 1 N–H and O–H groups in total. The average Bonchev–Trinajstić information content (AvgIpc) is 2.07. The van der Waals surface area contributed by atoms with Crippen LogP contribution in [-0.2, 0) is 0 Å². The fourth-order valence-corrected chi connectivity index (χ4v) is 2.03. The lowest BCUT2D eigenvalue weighted by atomic mass is 9.72. The molecule has 0 amide bonds. The second-order valence-electron chi connectivity index (χ2n) is 3.71. The molecule has 0 heterocycles. The number of allylic oxidation sites excluding steroid dienone is 1. The van der Waals surface area contributed by atoms with Crippen LogP contribution in [0.3, 0.4) is 0 Å². The fourth-order valence-electron chi connectivity index (χ4n) is 2.03. The quantitative estimate of drug-likeness (QED) is 0.619. The van der Waals surface area contributed by atoms with Crippen molar-refractivity contribution in [3.05, 3.63) is 12.7 Å². The maximum atomic E-state index is 9.22. The summed E-state index contributed by atoms with van der Waals surface area (Å²) >= 11 is 0. The van der Waals surface area contributed by atoms with Crippen LogP contribution in [0.1, 0.15) is 38.5 Å². The SMILES string of the molecule is C=CCC1(CO)CCCCC1. The maximum absolute atomic E-state index is 9.22. The third-order valence-corrected chi connectivity index (χ3v) is 2.83. The van der Waals surface area contributed by atoms with Crippen LogP contribution in [0.5, 0.6) is 0 Å². The Hall–Kier alpha value is -0.300. The van der Waals surface area contributed by atoms with Crippen molar-refractivity contribution in [2.45, 2.75) is 38.5 Å². The summed E-state index contributed by atoms with van der Waals surface area (Å²) in [7, 11) is 0. The van der Waals surface area contributed by atoms with Gasteiger partial charge in [-0.15, -0.1) is 6.58 Å². The molecule has 0 aromatic rings. The van der Waals surface area contributed by atoms with Gasteiger partial charge in [0.05, 0.1) is 0 Å². The Morgan fingerprint density at radius 2 is 1.91 bits per heavy atom. The molecule has 0 atom stereocenters.